The molecule has 0 aliphatic carbocycles. The number of hydrogen-bond donors (Lipinski definition) is 1. The van der Waals surface area contributed by atoms with E-state index in [9.17, 15) is 4.39 Å². The molecule has 0 saturated carbocycles. The van der Waals surface area contributed by atoms with Gasteiger partial charge in [-0.3, -0.25) is 4.40 Å². The van der Waals surface area contributed by atoms with Gasteiger partial charge >= 0.3 is 0 Å². The van der Waals surface area contributed by atoms with Crippen molar-refractivity contribution >= 4 is 11.5 Å². The number of rotatable bonds is 2. The van der Waals surface area contributed by atoms with Gasteiger partial charge in [0, 0.05) is 11.3 Å². The number of halogens is 1. The third kappa shape index (κ3) is 2.11. The minimum absolute atomic E-state index is 0.202. The van der Waals surface area contributed by atoms with Gasteiger partial charge in [-0.15, -0.1) is 0 Å². The molecule has 0 radical (unpaired) electrons. The van der Waals surface area contributed by atoms with Crippen molar-refractivity contribution in [2.75, 3.05) is 12.8 Å². The number of pyridine rings is 1. The maximum atomic E-state index is 13.9. The first-order chi connectivity index (χ1) is 10.0. The average Bonchev–Trinajstić information content (AvgIpc) is 2.75. The molecule has 108 valence electrons. The Balaban J connectivity index is 2.23. The van der Waals surface area contributed by atoms with Gasteiger partial charge in [-0.2, -0.15) is 0 Å². The molecule has 0 bridgehead atoms. The van der Waals surface area contributed by atoms with E-state index in [0.717, 1.165) is 16.9 Å². The zero-order valence-electron chi connectivity index (χ0n) is 12.1. The van der Waals surface area contributed by atoms with Crippen LogP contribution >= 0.6 is 0 Å². The van der Waals surface area contributed by atoms with Crippen molar-refractivity contribution in [1.82, 2.24) is 9.38 Å². The average molecular weight is 285 g/mol. The second-order valence-corrected chi connectivity index (χ2v) is 5.06. The van der Waals surface area contributed by atoms with Crippen molar-refractivity contribution in [2.24, 2.45) is 0 Å². The minimum Gasteiger partial charge on any atom is -0.494 e. The number of aromatic nitrogens is 2. The lowest BCUT2D eigenvalue weighted by Gasteiger charge is -2.05. The normalized spacial score (nSPS) is 11.0. The summed E-state index contributed by atoms with van der Waals surface area (Å²) < 4.78 is 20.7. The van der Waals surface area contributed by atoms with E-state index >= 15 is 0 Å². The Morgan fingerprint density at radius 3 is 2.62 bits per heavy atom. The Kier molecular flexibility index (Phi) is 3.05. The van der Waals surface area contributed by atoms with Crippen molar-refractivity contribution in [1.29, 1.82) is 0 Å². The standard InChI is InChI=1S/C16H16FN3O/c1-9-6-10(2)20-14(7-9)19-15(16(20)18)11-4-5-13(21-3)12(17)8-11/h4-8H,18H2,1-3H3. The molecule has 0 saturated heterocycles. The Morgan fingerprint density at radius 2 is 1.95 bits per heavy atom. The fraction of sp³-hybridized carbons (Fsp3) is 0.188. The van der Waals surface area contributed by atoms with Crippen LogP contribution in [0.15, 0.2) is 30.3 Å². The monoisotopic (exact) mass is 285 g/mol. The van der Waals surface area contributed by atoms with E-state index in [0.29, 0.717) is 17.1 Å². The molecule has 1 aromatic carbocycles. The number of aryl methyl sites for hydroxylation is 2. The molecule has 5 heteroatoms. The summed E-state index contributed by atoms with van der Waals surface area (Å²) in [5.74, 6) is 0.277. The quantitative estimate of drug-likeness (QED) is 0.785. The Morgan fingerprint density at radius 1 is 1.19 bits per heavy atom. The zero-order chi connectivity index (χ0) is 15.1. The van der Waals surface area contributed by atoms with Crippen molar-refractivity contribution < 1.29 is 9.13 Å². The van der Waals surface area contributed by atoms with Crippen molar-refractivity contribution in [2.45, 2.75) is 13.8 Å². The SMILES string of the molecule is COc1ccc(-c2nc3cc(C)cc(C)n3c2N)cc1F. The van der Waals surface area contributed by atoms with Gasteiger partial charge in [-0.05, 0) is 49.7 Å². The maximum Gasteiger partial charge on any atom is 0.165 e. The largest absolute Gasteiger partial charge is 0.494 e. The lowest BCUT2D eigenvalue weighted by atomic mass is 10.1. The van der Waals surface area contributed by atoms with Crippen molar-refractivity contribution in [3.8, 4) is 17.0 Å². The molecule has 2 N–H and O–H groups in total. The number of imidazole rings is 1. The summed E-state index contributed by atoms with van der Waals surface area (Å²) in [6.45, 7) is 3.97. The van der Waals surface area contributed by atoms with Crippen molar-refractivity contribution in [3.05, 3.63) is 47.4 Å². The first-order valence-electron chi connectivity index (χ1n) is 6.60. The van der Waals surface area contributed by atoms with Crippen molar-refractivity contribution in [3.63, 3.8) is 0 Å². The topological polar surface area (TPSA) is 52.5 Å². The number of hydrogen-bond acceptors (Lipinski definition) is 3. The summed E-state index contributed by atoms with van der Waals surface area (Å²) >= 11 is 0. The van der Waals surface area contributed by atoms with Gasteiger partial charge in [-0.25, -0.2) is 9.37 Å². The van der Waals surface area contributed by atoms with Crippen LogP contribution in [-0.2, 0) is 0 Å². The summed E-state index contributed by atoms with van der Waals surface area (Å²) in [5.41, 5.74) is 10.3. The van der Waals surface area contributed by atoms with Crippen LogP contribution < -0.4 is 10.5 Å². The summed E-state index contributed by atoms with van der Waals surface area (Å²) in [4.78, 5) is 4.53. The van der Waals surface area contributed by atoms with Crippen LogP contribution in [0.25, 0.3) is 16.9 Å². The predicted molar refractivity (Wildman–Crippen MR) is 81.0 cm³/mol. The molecule has 0 aliphatic heterocycles. The minimum atomic E-state index is -0.431. The van der Waals surface area contributed by atoms with Crippen LogP contribution in [0.1, 0.15) is 11.3 Å². The highest BCUT2D eigenvalue weighted by Gasteiger charge is 2.15. The van der Waals surface area contributed by atoms with Gasteiger partial charge in [0.25, 0.3) is 0 Å². The van der Waals surface area contributed by atoms with E-state index in [1.807, 2.05) is 30.4 Å². The highest BCUT2D eigenvalue weighted by atomic mass is 19.1. The Bertz CT molecular complexity index is 839. The summed E-state index contributed by atoms with van der Waals surface area (Å²) in [6, 6.07) is 8.70. The number of fused-ring (bicyclic) bond motifs is 1. The molecule has 0 unspecified atom stereocenters. The van der Waals surface area contributed by atoms with E-state index in [2.05, 4.69) is 4.98 Å². The maximum absolute atomic E-state index is 13.9. The van der Waals surface area contributed by atoms with E-state index < -0.39 is 5.82 Å². The number of methoxy groups -OCH3 is 1. The highest BCUT2D eigenvalue weighted by Crippen LogP contribution is 2.30. The van der Waals surface area contributed by atoms with Crippen LogP contribution in [0.3, 0.4) is 0 Å². The smallest absolute Gasteiger partial charge is 0.165 e. The number of nitrogens with zero attached hydrogens (tertiary/aromatic N) is 2. The number of nitrogen functional groups attached to an aromatic ring is 1. The Hall–Kier alpha value is -2.56. The molecule has 21 heavy (non-hydrogen) atoms. The molecule has 4 nitrogen and oxygen atoms in total. The second kappa shape index (κ2) is 4.77. The van der Waals surface area contributed by atoms with Gasteiger partial charge < -0.3 is 10.5 Å². The molecule has 2 heterocycles. The summed E-state index contributed by atoms with van der Waals surface area (Å²) in [5, 5.41) is 0. The number of benzene rings is 1. The van der Waals surface area contributed by atoms with Gasteiger partial charge in [0.15, 0.2) is 11.6 Å². The van der Waals surface area contributed by atoms with Gasteiger partial charge in [0.1, 0.15) is 17.2 Å². The molecular formula is C16H16FN3O. The number of nitrogens with two attached hydrogens (primary N) is 1. The van der Waals surface area contributed by atoms with E-state index in [4.69, 9.17) is 10.5 Å². The molecular weight excluding hydrogens is 269 g/mol. The third-order valence-corrected chi connectivity index (χ3v) is 3.51. The van der Waals surface area contributed by atoms with Crippen LogP contribution in [0.5, 0.6) is 5.75 Å². The van der Waals surface area contributed by atoms with E-state index in [-0.39, 0.29) is 5.75 Å². The molecule has 0 fully saturated rings. The van der Waals surface area contributed by atoms with E-state index in [1.54, 1.807) is 12.1 Å². The zero-order valence-corrected chi connectivity index (χ0v) is 12.1. The second-order valence-electron chi connectivity index (χ2n) is 5.06. The first kappa shape index (κ1) is 13.4. The van der Waals surface area contributed by atoms with Crippen LogP contribution in [0, 0.1) is 19.7 Å². The molecule has 0 amide bonds. The number of ether oxygens (including phenoxy) is 1. The van der Waals surface area contributed by atoms with Crippen LogP contribution in [0.4, 0.5) is 10.2 Å². The molecule has 0 aliphatic rings. The fourth-order valence-electron chi connectivity index (χ4n) is 2.58. The first-order valence-corrected chi connectivity index (χ1v) is 6.60. The highest BCUT2D eigenvalue weighted by molar-refractivity contribution is 5.76. The lowest BCUT2D eigenvalue weighted by Crippen LogP contribution is -1.98. The van der Waals surface area contributed by atoms with Gasteiger partial charge in [0.05, 0.1) is 7.11 Å². The molecule has 0 atom stereocenters. The lowest BCUT2D eigenvalue weighted by molar-refractivity contribution is 0.386. The summed E-state index contributed by atoms with van der Waals surface area (Å²) in [6.07, 6.45) is 0. The fourth-order valence-corrected chi connectivity index (χ4v) is 2.58. The van der Waals surface area contributed by atoms with E-state index in [1.165, 1.54) is 13.2 Å². The molecule has 2 aromatic heterocycles. The molecule has 0 spiro atoms. The van der Waals surface area contributed by atoms with Crippen LogP contribution in [-0.4, -0.2) is 16.5 Å². The summed E-state index contributed by atoms with van der Waals surface area (Å²) in [7, 11) is 1.43. The molecule has 3 aromatic rings. The van der Waals surface area contributed by atoms with Crippen LogP contribution in [0.2, 0.25) is 0 Å². The van der Waals surface area contributed by atoms with Gasteiger partial charge in [0.2, 0.25) is 0 Å². The Labute approximate surface area is 122 Å². The van der Waals surface area contributed by atoms with Gasteiger partial charge in [-0.1, -0.05) is 0 Å². The third-order valence-electron chi connectivity index (χ3n) is 3.51. The number of anilines is 1. The predicted octanol–water partition coefficient (Wildman–Crippen LogP) is 3.35. The molecule has 3 rings (SSSR count).